The maximum Gasteiger partial charge on any atom is 0.225 e. The SMILES string of the molecule is CN(C)c1nccc(CNC2=NCCCN2)n1. The van der Waals surface area contributed by atoms with Crippen LogP contribution in [0.25, 0.3) is 0 Å². The smallest absolute Gasteiger partial charge is 0.225 e. The molecule has 0 aromatic carbocycles. The predicted octanol–water partition coefficient (Wildman–Crippen LogP) is -0.0185. The highest BCUT2D eigenvalue weighted by molar-refractivity contribution is 5.80. The van der Waals surface area contributed by atoms with Gasteiger partial charge in [0.2, 0.25) is 5.95 Å². The summed E-state index contributed by atoms with van der Waals surface area (Å²) in [4.78, 5) is 14.8. The molecule has 0 saturated heterocycles. The van der Waals surface area contributed by atoms with Gasteiger partial charge in [0.15, 0.2) is 5.96 Å². The molecule has 0 amide bonds. The number of aromatic nitrogens is 2. The second-order valence-corrected chi connectivity index (χ2v) is 4.11. The Kier molecular flexibility index (Phi) is 3.74. The van der Waals surface area contributed by atoms with Gasteiger partial charge in [-0.2, -0.15) is 0 Å². The van der Waals surface area contributed by atoms with Crippen molar-refractivity contribution in [3.05, 3.63) is 18.0 Å². The Hall–Kier alpha value is -1.85. The Balaban J connectivity index is 1.94. The van der Waals surface area contributed by atoms with Gasteiger partial charge in [-0.15, -0.1) is 0 Å². The van der Waals surface area contributed by atoms with Crippen molar-refractivity contribution >= 4 is 11.9 Å². The maximum atomic E-state index is 4.43. The first-order valence-electron chi connectivity index (χ1n) is 5.77. The van der Waals surface area contributed by atoms with Crippen molar-refractivity contribution in [3.8, 4) is 0 Å². The van der Waals surface area contributed by atoms with E-state index in [-0.39, 0.29) is 0 Å². The van der Waals surface area contributed by atoms with E-state index >= 15 is 0 Å². The van der Waals surface area contributed by atoms with Crippen molar-refractivity contribution in [2.24, 2.45) is 4.99 Å². The average Bonchev–Trinajstić information content (AvgIpc) is 2.38. The Morgan fingerprint density at radius 2 is 2.35 bits per heavy atom. The van der Waals surface area contributed by atoms with E-state index in [9.17, 15) is 0 Å². The molecule has 0 radical (unpaired) electrons. The molecule has 2 heterocycles. The van der Waals surface area contributed by atoms with E-state index < -0.39 is 0 Å². The van der Waals surface area contributed by atoms with Gasteiger partial charge in [0, 0.05) is 33.4 Å². The molecule has 1 aromatic heterocycles. The molecule has 1 aliphatic heterocycles. The minimum Gasteiger partial charge on any atom is -0.356 e. The standard InChI is InChI=1S/C11H18N6/c1-17(2)11-14-7-4-9(16-11)8-15-10-12-5-3-6-13-10/h4,7H,3,5-6,8H2,1-2H3,(H2,12,13,15). The molecule has 0 spiro atoms. The molecule has 6 nitrogen and oxygen atoms in total. The molecule has 2 rings (SSSR count). The van der Waals surface area contributed by atoms with Crippen LogP contribution in [0.4, 0.5) is 5.95 Å². The van der Waals surface area contributed by atoms with Crippen LogP contribution in [0.3, 0.4) is 0 Å². The summed E-state index contributed by atoms with van der Waals surface area (Å²) in [5.74, 6) is 1.59. The van der Waals surface area contributed by atoms with Crippen molar-refractivity contribution in [2.45, 2.75) is 13.0 Å². The molecule has 0 unspecified atom stereocenters. The van der Waals surface area contributed by atoms with E-state index in [0.717, 1.165) is 37.1 Å². The van der Waals surface area contributed by atoms with E-state index in [1.54, 1.807) is 6.20 Å². The molecule has 0 saturated carbocycles. The van der Waals surface area contributed by atoms with E-state index in [2.05, 4.69) is 25.6 Å². The van der Waals surface area contributed by atoms with E-state index in [1.165, 1.54) is 0 Å². The molecule has 0 fully saturated rings. The molecule has 0 bridgehead atoms. The number of guanidine groups is 1. The minimum absolute atomic E-state index is 0.662. The Labute approximate surface area is 101 Å². The topological polar surface area (TPSA) is 65.4 Å². The van der Waals surface area contributed by atoms with Gasteiger partial charge in [-0.05, 0) is 12.5 Å². The van der Waals surface area contributed by atoms with Crippen molar-refractivity contribution in [1.29, 1.82) is 0 Å². The predicted molar refractivity (Wildman–Crippen MR) is 68.1 cm³/mol. The van der Waals surface area contributed by atoms with Crippen molar-refractivity contribution in [3.63, 3.8) is 0 Å². The zero-order valence-electron chi connectivity index (χ0n) is 10.3. The summed E-state index contributed by atoms with van der Waals surface area (Å²) in [5.41, 5.74) is 0.957. The average molecular weight is 234 g/mol. The van der Waals surface area contributed by atoms with Crippen LogP contribution in [0, 0.1) is 0 Å². The summed E-state index contributed by atoms with van der Waals surface area (Å²) in [6.45, 7) is 2.54. The number of anilines is 1. The van der Waals surface area contributed by atoms with Gasteiger partial charge in [-0.3, -0.25) is 4.99 Å². The summed E-state index contributed by atoms with van der Waals surface area (Å²) >= 11 is 0. The summed E-state index contributed by atoms with van der Waals surface area (Å²) in [6, 6.07) is 1.91. The number of hydrogen-bond donors (Lipinski definition) is 2. The summed E-state index contributed by atoms with van der Waals surface area (Å²) in [7, 11) is 3.86. The van der Waals surface area contributed by atoms with Crippen LogP contribution in [0.2, 0.25) is 0 Å². The van der Waals surface area contributed by atoms with Crippen LogP contribution < -0.4 is 15.5 Å². The monoisotopic (exact) mass is 234 g/mol. The summed E-state index contributed by atoms with van der Waals surface area (Å²) in [5, 5.41) is 6.45. The first kappa shape index (κ1) is 11.6. The van der Waals surface area contributed by atoms with Crippen LogP contribution in [0.15, 0.2) is 17.3 Å². The van der Waals surface area contributed by atoms with Crippen LogP contribution in [-0.4, -0.2) is 43.1 Å². The number of nitrogens with zero attached hydrogens (tertiary/aromatic N) is 4. The quantitative estimate of drug-likeness (QED) is 0.769. The van der Waals surface area contributed by atoms with E-state index in [1.807, 2.05) is 25.1 Å². The van der Waals surface area contributed by atoms with Gasteiger partial charge in [0.1, 0.15) is 0 Å². The zero-order chi connectivity index (χ0) is 12.1. The van der Waals surface area contributed by atoms with Crippen molar-refractivity contribution < 1.29 is 0 Å². The third-order valence-corrected chi connectivity index (χ3v) is 2.43. The molecule has 0 atom stereocenters. The molecule has 17 heavy (non-hydrogen) atoms. The number of nitrogens with one attached hydrogen (secondary N) is 2. The van der Waals surface area contributed by atoms with E-state index in [0.29, 0.717) is 6.54 Å². The van der Waals surface area contributed by atoms with Gasteiger partial charge in [-0.25, -0.2) is 9.97 Å². The number of aliphatic imine (C=N–C) groups is 1. The molecule has 2 N–H and O–H groups in total. The zero-order valence-corrected chi connectivity index (χ0v) is 10.3. The van der Waals surface area contributed by atoms with Crippen molar-refractivity contribution in [2.75, 3.05) is 32.1 Å². The fourth-order valence-corrected chi connectivity index (χ4v) is 1.52. The first-order chi connectivity index (χ1) is 8.25. The number of rotatable bonds is 3. The van der Waals surface area contributed by atoms with Gasteiger partial charge in [-0.1, -0.05) is 0 Å². The third-order valence-electron chi connectivity index (χ3n) is 2.43. The van der Waals surface area contributed by atoms with E-state index in [4.69, 9.17) is 0 Å². The Morgan fingerprint density at radius 3 is 3.06 bits per heavy atom. The first-order valence-corrected chi connectivity index (χ1v) is 5.77. The van der Waals surface area contributed by atoms with Crippen molar-refractivity contribution in [1.82, 2.24) is 20.6 Å². The Morgan fingerprint density at radius 1 is 1.47 bits per heavy atom. The highest BCUT2D eigenvalue weighted by Gasteiger charge is 2.05. The molecule has 92 valence electrons. The van der Waals surface area contributed by atoms with Crippen LogP contribution in [-0.2, 0) is 6.54 Å². The highest BCUT2D eigenvalue weighted by atomic mass is 15.2. The second-order valence-electron chi connectivity index (χ2n) is 4.11. The Bertz CT molecular complexity index is 401. The lowest BCUT2D eigenvalue weighted by molar-refractivity contribution is 0.697. The molecule has 6 heteroatoms. The molecular weight excluding hydrogens is 216 g/mol. The lowest BCUT2D eigenvalue weighted by Gasteiger charge is -2.16. The van der Waals surface area contributed by atoms with Crippen LogP contribution in [0.5, 0.6) is 0 Å². The van der Waals surface area contributed by atoms with Gasteiger partial charge in [0.05, 0.1) is 12.2 Å². The van der Waals surface area contributed by atoms with Crippen LogP contribution in [0.1, 0.15) is 12.1 Å². The molecular formula is C11H18N6. The highest BCUT2D eigenvalue weighted by Crippen LogP contribution is 2.03. The summed E-state index contributed by atoms with van der Waals surface area (Å²) < 4.78 is 0. The lowest BCUT2D eigenvalue weighted by Crippen LogP contribution is -2.40. The molecule has 1 aromatic rings. The van der Waals surface area contributed by atoms with Gasteiger partial charge < -0.3 is 15.5 Å². The molecule has 0 aliphatic carbocycles. The molecule has 1 aliphatic rings. The number of hydrogen-bond acceptors (Lipinski definition) is 6. The lowest BCUT2D eigenvalue weighted by atomic mass is 10.4. The third kappa shape index (κ3) is 3.30. The minimum atomic E-state index is 0.662. The summed E-state index contributed by atoms with van der Waals surface area (Å²) in [6.07, 6.45) is 2.87. The van der Waals surface area contributed by atoms with Gasteiger partial charge >= 0.3 is 0 Å². The second kappa shape index (κ2) is 5.47. The largest absolute Gasteiger partial charge is 0.356 e. The fraction of sp³-hybridized carbons (Fsp3) is 0.545. The normalized spacial score (nSPS) is 14.8. The fourth-order valence-electron chi connectivity index (χ4n) is 1.52. The van der Waals surface area contributed by atoms with Gasteiger partial charge in [0.25, 0.3) is 0 Å². The maximum absolute atomic E-state index is 4.43. The van der Waals surface area contributed by atoms with Crippen LogP contribution >= 0.6 is 0 Å².